The fourth-order valence-corrected chi connectivity index (χ4v) is 23.7. The van der Waals surface area contributed by atoms with Crippen molar-refractivity contribution >= 4 is 39.4 Å². The molecule has 11 aliphatic rings. The summed E-state index contributed by atoms with van der Waals surface area (Å²) in [5, 5.41) is 73.9. The molecule has 5 heterocycles. The lowest BCUT2D eigenvalue weighted by molar-refractivity contribution is -0.183. The van der Waals surface area contributed by atoms with Gasteiger partial charge in [0.2, 0.25) is 5.91 Å². The normalized spacial score (nSPS) is 38.9. The summed E-state index contributed by atoms with van der Waals surface area (Å²) in [7, 11) is 3.32. The predicted octanol–water partition coefficient (Wildman–Crippen LogP) is 9.76. The van der Waals surface area contributed by atoms with Gasteiger partial charge in [-0.1, -0.05) is 83.5 Å². The third-order valence-corrected chi connectivity index (χ3v) is 28.2. The first kappa shape index (κ1) is 66.6. The second-order valence-corrected chi connectivity index (χ2v) is 33.5. The monoisotopic (exact) mass is 1300 g/mol. The number of fused-ring (bicyclic) bond motifs is 5. The number of aromatic hydroxyl groups is 2. The van der Waals surface area contributed by atoms with E-state index in [1.807, 2.05) is 19.1 Å². The van der Waals surface area contributed by atoms with Crippen LogP contribution in [0.15, 0.2) is 48.6 Å². The van der Waals surface area contributed by atoms with E-state index in [-0.39, 0.29) is 94.6 Å². The van der Waals surface area contributed by atoms with Gasteiger partial charge < -0.3 is 61.0 Å². The minimum atomic E-state index is -1.21. The SMILES string of the molecule is CC(=O)O[C@H]1C[C@@H](OC(=O)[C@@]23CCCC[C@@H]2CCC(=O)N3)C2(CCNCC2)[C@@H]2c3ccc(O)c4c3[C@H](C[C@@H]2C#CC[C@@H]2C[C@](C)(O)CSSC[C@@H](NC[C@@H]3C[C@]5(CC=C[C@@H](N6CCNCC6)C5)CC[C@@H]3c3ccc(O)cc3)[C@H](O)CC[C@@H]21)[C@H](C1(CO)CCCC1)CO4. The van der Waals surface area contributed by atoms with Crippen LogP contribution in [-0.2, 0) is 23.9 Å². The molecule has 2 aromatic carbocycles. The number of ether oxygens (including phenoxy) is 3. The molecule has 17 atom stereocenters. The number of benzene rings is 2. The molecule has 7 fully saturated rings. The van der Waals surface area contributed by atoms with E-state index in [0.29, 0.717) is 114 Å². The molecule has 9 N–H and O–H groups in total. The molecule has 1 amide bonds. The summed E-state index contributed by atoms with van der Waals surface area (Å²) in [5.74, 6) is 7.64. The average molecular weight is 1300 g/mol. The van der Waals surface area contributed by atoms with Crippen LogP contribution in [0.2, 0.25) is 0 Å². The van der Waals surface area contributed by atoms with Crippen molar-refractivity contribution in [3.8, 4) is 29.1 Å². The number of phenolic OH excluding ortho intramolecular Hbond substituents is 2. The molecular formula is C74H105N5O11S2. The average Bonchev–Trinajstić information content (AvgIpc) is 0.893. The highest BCUT2D eigenvalue weighted by molar-refractivity contribution is 8.76. The number of piperidine rings is 2. The van der Waals surface area contributed by atoms with E-state index in [1.165, 1.54) is 12.5 Å². The van der Waals surface area contributed by atoms with Crippen LogP contribution < -0.4 is 26.0 Å². The molecule has 0 unspecified atom stereocenters. The van der Waals surface area contributed by atoms with Crippen molar-refractivity contribution < 1.29 is 54.1 Å². The number of carbonyl (C=O) groups excluding carboxylic acids is 3. The van der Waals surface area contributed by atoms with Gasteiger partial charge >= 0.3 is 11.9 Å². The summed E-state index contributed by atoms with van der Waals surface area (Å²) >= 11 is 0. The van der Waals surface area contributed by atoms with E-state index in [1.54, 1.807) is 27.7 Å². The number of amides is 1. The predicted molar refractivity (Wildman–Crippen MR) is 359 cm³/mol. The van der Waals surface area contributed by atoms with Crippen LogP contribution in [0, 0.1) is 63.6 Å². The second-order valence-electron chi connectivity index (χ2n) is 31.0. The van der Waals surface area contributed by atoms with Crippen molar-refractivity contribution in [3.63, 3.8) is 0 Å². The lowest BCUT2D eigenvalue weighted by Crippen LogP contribution is -2.65. The maximum Gasteiger partial charge on any atom is 0.332 e. The molecule has 3 saturated carbocycles. The molecule has 92 heavy (non-hydrogen) atoms. The van der Waals surface area contributed by atoms with Crippen LogP contribution in [0.25, 0.3) is 0 Å². The summed E-state index contributed by atoms with van der Waals surface area (Å²) in [6, 6.07) is 11.7. The van der Waals surface area contributed by atoms with Crippen LogP contribution in [0.4, 0.5) is 0 Å². The molecule has 18 heteroatoms. The summed E-state index contributed by atoms with van der Waals surface area (Å²) in [4.78, 5) is 46.4. The molecule has 0 radical (unpaired) electrons. The van der Waals surface area contributed by atoms with Crippen molar-refractivity contribution in [3.05, 3.63) is 65.2 Å². The first-order chi connectivity index (χ1) is 44.5. The maximum absolute atomic E-state index is 16.0. The Kier molecular flexibility index (Phi) is 20.4. The summed E-state index contributed by atoms with van der Waals surface area (Å²) < 4.78 is 21.0. The van der Waals surface area contributed by atoms with Gasteiger partial charge in [-0.15, -0.1) is 5.92 Å². The Hall–Kier alpha value is -4.03. The Balaban J connectivity index is 0.872. The zero-order valence-corrected chi connectivity index (χ0v) is 56.3. The lowest BCUT2D eigenvalue weighted by atomic mass is 9.51. The maximum atomic E-state index is 16.0. The van der Waals surface area contributed by atoms with Gasteiger partial charge in [0, 0.05) is 123 Å². The third-order valence-electron chi connectivity index (χ3n) is 25.5. The summed E-state index contributed by atoms with van der Waals surface area (Å²) in [6.45, 7) is 9.88. The smallest absolute Gasteiger partial charge is 0.332 e. The Labute approximate surface area is 554 Å². The van der Waals surface area contributed by atoms with Crippen LogP contribution in [0.5, 0.6) is 17.2 Å². The topological polar surface area (TPSA) is 231 Å². The van der Waals surface area contributed by atoms with Gasteiger partial charge in [-0.2, -0.15) is 0 Å². The highest BCUT2D eigenvalue weighted by Gasteiger charge is 2.61. The van der Waals surface area contributed by atoms with E-state index in [2.05, 4.69) is 68.4 Å². The Morgan fingerprint density at radius 1 is 0.859 bits per heavy atom. The number of phenols is 2. The number of rotatable bonds is 10. The van der Waals surface area contributed by atoms with E-state index in [9.17, 15) is 35.1 Å². The number of esters is 2. The van der Waals surface area contributed by atoms with Gasteiger partial charge in [0.25, 0.3) is 0 Å². The number of carbonyl (C=O) groups is 3. The molecule has 2 aromatic rings. The van der Waals surface area contributed by atoms with Gasteiger partial charge in [0.15, 0.2) is 11.5 Å². The van der Waals surface area contributed by atoms with Crippen LogP contribution in [0.3, 0.4) is 0 Å². The molecule has 2 spiro atoms. The van der Waals surface area contributed by atoms with Gasteiger partial charge in [-0.3, -0.25) is 14.5 Å². The first-order valence-electron chi connectivity index (χ1n) is 35.8. The standard InChI is InChI=1S/C74H105N5O11S2/c1-47(81)89-63-38-64(90-69(86)74-27-4-3-11-52(74)15-22-65(85)78-74)73(29-31-75-32-30-73)67-49(37-58-59(72(45-80)25-5-6-26-72)43-88-68-62(84)21-19-57(67)66(58)68)9-7-10-50-39-70(2,87)46-92-91-44-60(61(83)20-18-56(50)63)77-42-51-40-71(28-23-55(51)48-13-16-54(82)17-14-48)24-8-12-53(41-71)79-35-33-76-34-36-79/h8,12-14,16-17,19,21,49-53,55-56,58-61,63-64,67,75-77,80,82-84,87H,3-6,10-11,15,18,20,22-46H2,1-2H3,(H,78,85)/t49-,50+,51-,52+,53+,55+,56-,58+,59+,60+,61+,63-,64+,67-,70-,71-,74+/m0/s1. The molecule has 16 nitrogen and oxygen atoms in total. The summed E-state index contributed by atoms with van der Waals surface area (Å²) in [6.07, 6.45) is 19.2. The van der Waals surface area contributed by atoms with Gasteiger partial charge in [-0.05, 0) is 194 Å². The van der Waals surface area contributed by atoms with Crippen LogP contribution >= 0.6 is 21.6 Å². The largest absolute Gasteiger partial charge is 0.508 e. The van der Waals surface area contributed by atoms with E-state index >= 15 is 4.79 Å². The van der Waals surface area contributed by atoms with E-state index in [0.717, 1.165) is 114 Å². The van der Waals surface area contributed by atoms with Crippen molar-refractivity contribution in [1.29, 1.82) is 0 Å². The van der Waals surface area contributed by atoms with E-state index in [4.69, 9.17) is 14.2 Å². The number of allylic oxidation sites excluding steroid dienone is 1. The molecule has 5 aliphatic heterocycles. The van der Waals surface area contributed by atoms with Crippen molar-refractivity contribution in [2.45, 2.75) is 221 Å². The Bertz CT molecular complexity index is 3030. The molecular weight excluding hydrogens is 1200 g/mol. The second kappa shape index (κ2) is 28.2. The number of nitrogens with one attached hydrogen (secondary N) is 4. The highest BCUT2D eigenvalue weighted by atomic mass is 33.1. The molecule has 4 saturated heterocycles. The zero-order valence-electron chi connectivity index (χ0n) is 54.7. The van der Waals surface area contributed by atoms with Crippen molar-refractivity contribution in [1.82, 2.24) is 26.2 Å². The number of nitrogens with zero attached hydrogens (tertiary/aromatic N) is 1. The molecule has 504 valence electrons. The summed E-state index contributed by atoms with van der Waals surface area (Å²) in [5.41, 5.74) is -0.143. The first-order valence-corrected chi connectivity index (χ1v) is 38.3. The van der Waals surface area contributed by atoms with Crippen molar-refractivity contribution in [2.24, 2.45) is 51.8 Å². The minimum Gasteiger partial charge on any atom is -0.508 e. The fraction of sp³-hybridized carbons (Fsp3) is 0.743. The fourth-order valence-electron chi connectivity index (χ4n) is 20.9. The van der Waals surface area contributed by atoms with Crippen LogP contribution in [-0.4, -0.2) is 160 Å². The number of hydrogen-bond donors (Lipinski definition) is 9. The number of aliphatic hydroxyl groups is 3. The highest BCUT2D eigenvalue weighted by Crippen LogP contribution is 2.65. The number of aliphatic hydroxyl groups excluding tert-OH is 2. The Morgan fingerprint density at radius 2 is 1.64 bits per heavy atom. The lowest BCUT2D eigenvalue weighted by Gasteiger charge is -2.56. The minimum absolute atomic E-state index is 0.0254. The van der Waals surface area contributed by atoms with Crippen LogP contribution in [0.1, 0.15) is 196 Å². The molecule has 0 bridgehead atoms. The van der Waals surface area contributed by atoms with E-state index < -0.39 is 52.7 Å². The van der Waals surface area contributed by atoms with Crippen molar-refractivity contribution in [2.75, 3.05) is 70.5 Å². The van der Waals surface area contributed by atoms with Gasteiger partial charge in [-0.25, -0.2) is 4.79 Å². The van der Waals surface area contributed by atoms with Gasteiger partial charge in [0.1, 0.15) is 23.5 Å². The molecule has 13 rings (SSSR count). The third kappa shape index (κ3) is 13.6. The number of hydrogen-bond acceptors (Lipinski definition) is 17. The zero-order chi connectivity index (χ0) is 63.8. The quantitative estimate of drug-likeness (QED) is 0.0466. The molecule has 6 aliphatic carbocycles. The van der Waals surface area contributed by atoms with Gasteiger partial charge in [0.05, 0.1) is 18.3 Å². The Morgan fingerprint density at radius 3 is 2.42 bits per heavy atom. The number of piperazine rings is 1. The molecule has 0 aromatic heterocycles.